The van der Waals surface area contributed by atoms with Gasteiger partial charge in [0.2, 0.25) is 0 Å². The highest BCUT2D eigenvalue weighted by Gasteiger charge is 2.44. The van der Waals surface area contributed by atoms with Gasteiger partial charge >= 0.3 is 0 Å². The number of benzene rings is 3. The molecule has 138 valence electrons. The molecule has 1 aliphatic carbocycles. The summed E-state index contributed by atoms with van der Waals surface area (Å²) in [4.78, 5) is 0. The number of fused-ring (bicyclic) bond motifs is 1. The fourth-order valence-electron chi connectivity index (χ4n) is 4.50. The Kier molecular flexibility index (Phi) is 3.92. The zero-order chi connectivity index (χ0) is 19.2. The quantitative estimate of drug-likeness (QED) is 0.588. The fraction of sp³-hybridized carbons (Fsp3) is 0.250. The van der Waals surface area contributed by atoms with Crippen LogP contribution >= 0.6 is 0 Å². The summed E-state index contributed by atoms with van der Waals surface area (Å²) in [6, 6.07) is 20.4. The number of hydrogen-bond donors (Lipinski definition) is 3. The zero-order valence-corrected chi connectivity index (χ0v) is 15.6. The Labute approximate surface area is 159 Å². The van der Waals surface area contributed by atoms with Crippen molar-refractivity contribution in [3.8, 4) is 17.2 Å². The molecule has 0 fully saturated rings. The minimum atomic E-state index is -0.252. The standard InChI is InChI=1S/C24H24O3/c1-23(16-3-7-18(25)8-4-16)13-14-24(2,17-5-9-19(26)10-6-17)22-15-20(27)11-12-21(22)23/h3-12,15,25-27H,13-14H2,1-2H3/t23-,24-/m1/s1. The van der Waals surface area contributed by atoms with Crippen LogP contribution in [0.5, 0.6) is 17.2 Å². The van der Waals surface area contributed by atoms with E-state index in [1.807, 2.05) is 36.4 Å². The van der Waals surface area contributed by atoms with Crippen molar-refractivity contribution in [2.45, 2.75) is 37.5 Å². The lowest BCUT2D eigenvalue weighted by molar-refractivity contribution is 0.365. The van der Waals surface area contributed by atoms with Gasteiger partial charge in [-0.1, -0.05) is 44.2 Å². The highest BCUT2D eigenvalue weighted by atomic mass is 16.3. The topological polar surface area (TPSA) is 60.7 Å². The van der Waals surface area contributed by atoms with E-state index in [1.54, 1.807) is 30.3 Å². The van der Waals surface area contributed by atoms with Gasteiger partial charge in [-0.2, -0.15) is 0 Å². The lowest BCUT2D eigenvalue weighted by Gasteiger charge is -2.46. The number of phenols is 3. The van der Waals surface area contributed by atoms with Crippen LogP contribution < -0.4 is 0 Å². The number of hydrogen-bond acceptors (Lipinski definition) is 3. The van der Waals surface area contributed by atoms with Gasteiger partial charge < -0.3 is 15.3 Å². The molecule has 0 saturated carbocycles. The summed E-state index contributed by atoms with van der Waals surface area (Å²) in [5.41, 5.74) is 4.12. The first-order valence-corrected chi connectivity index (χ1v) is 9.26. The van der Waals surface area contributed by atoms with Gasteiger partial charge in [0, 0.05) is 10.8 Å². The van der Waals surface area contributed by atoms with Gasteiger partial charge in [0.25, 0.3) is 0 Å². The van der Waals surface area contributed by atoms with Gasteiger partial charge in [0.15, 0.2) is 0 Å². The molecule has 3 aromatic rings. The number of phenolic OH excluding ortho intramolecular Hbond substituents is 3. The third kappa shape index (κ3) is 2.74. The van der Waals surface area contributed by atoms with Crippen LogP contribution in [0.4, 0.5) is 0 Å². The van der Waals surface area contributed by atoms with Crippen LogP contribution in [0.25, 0.3) is 0 Å². The van der Waals surface area contributed by atoms with Gasteiger partial charge in [-0.15, -0.1) is 0 Å². The van der Waals surface area contributed by atoms with Crippen LogP contribution in [0.2, 0.25) is 0 Å². The molecule has 1 aliphatic rings. The van der Waals surface area contributed by atoms with Gasteiger partial charge in [-0.3, -0.25) is 0 Å². The normalized spacial score (nSPS) is 24.4. The largest absolute Gasteiger partial charge is 0.508 e. The molecule has 4 rings (SSSR count). The van der Waals surface area contributed by atoms with E-state index in [1.165, 1.54) is 5.56 Å². The van der Waals surface area contributed by atoms with Crippen molar-refractivity contribution in [2.75, 3.05) is 0 Å². The van der Waals surface area contributed by atoms with Crippen molar-refractivity contribution in [2.24, 2.45) is 0 Å². The molecule has 0 unspecified atom stereocenters. The molecule has 3 heteroatoms. The lowest BCUT2D eigenvalue weighted by Crippen LogP contribution is -2.38. The lowest BCUT2D eigenvalue weighted by atomic mass is 9.57. The average molecular weight is 360 g/mol. The summed E-state index contributed by atoms with van der Waals surface area (Å²) in [6.07, 6.45) is 1.85. The van der Waals surface area contributed by atoms with Gasteiger partial charge in [0.1, 0.15) is 17.2 Å². The number of aromatic hydroxyl groups is 3. The van der Waals surface area contributed by atoms with Gasteiger partial charge in [-0.05, 0) is 71.5 Å². The van der Waals surface area contributed by atoms with E-state index in [4.69, 9.17) is 0 Å². The molecule has 2 atom stereocenters. The summed E-state index contributed by atoms with van der Waals surface area (Å²) in [5.74, 6) is 0.773. The molecule has 3 aromatic carbocycles. The van der Waals surface area contributed by atoms with Crippen LogP contribution in [0.3, 0.4) is 0 Å². The molecule has 0 aromatic heterocycles. The predicted molar refractivity (Wildman–Crippen MR) is 106 cm³/mol. The van der Waals surface area contributed by atoms with Crippen LogP contribution in [-0.4, -0.2) is 15.3 Å². The van der Waals surface area contributed by atoms with Crippen molar-refractivity contribution < 1.29 is 15.3 Å². The smallest absolute Gasteiger partial charge is 0.115 e. The summed E-state index contributed by atoms with van der Waals surface area (Å²) in [7, 11) is 0. The maximum atomic E-state index is 10.2. The third-order valence-corrected chi connectivity index (χ3v) is 6.33. The summed E-state index contributed by atoms with van der Waals surface area (Å²) >= 11 is 0. The Morgan fingerprint density at radius 3 is 1.44 bits per heavy atom. The van der Waals surface area contributed by atoms with E-state index in [9.17, 15) is 15.3 Å². The Balaban J connectivity index is 1.91. The second kappa shape index (κ2) is 6.05. The first-order valence-electron chi connectivity index (χ1n) is 9.26. The SMILES string of the molecule is C[C@]1(c2ccc(O)cc2)CC[C@](C)(c2ccc(O)cc2)c2cc(O)ccc21. The molecule has 0 radical (unpaired) electrons. The minimum Gasteiger partial charge on any atom is -0.508 e. The van der Waals surface area contributed by atoms with Crippen LogP contribution in [0.1, 0.15) is 48.9 Å². The van der Waals surface area contributed by atoms with Crippen molar-refractivity contribution in [3.63, 3.8) is 0 Å². The van der Waals surface area contributed by atoms with E-state index in [-0.39, 0.29) is 28.1 Å². The Bertz CT molecular complexity index is 976. The molecule has 3 N–H and O–H groups in total. The summed E-state index contributed by atoms with van der Waals surface area (Å²) in [5, 5.41) is 29.6. The van der Waals surface area contributed by atoms with Gasteiger partial charge in [-0.25, -0.2) is 0 Å². The van der Waals surface area contributed by atoms with Crippen molar-refractivity contribution in [3.05, 3.63) is 89.0 Å². The van der Waals surface area contributed by atoms with E-state index in [0.717, 1.165) is 29.5 Å². The van der Waals surface area contributed by atoms with Crippen LogP contribution in [-0.2, 0) is 10.8 Å². The van der Waals surface area contributed by atoms with E-state index in [0.29, 0.717) is 0 Å². The Morgan fingerprint density at radius 2 is 0.963 bits per heavy atom. The van der Waals surface area contributed by atoms with Crippen LogP contribution in [0.15, 0.2) is 66.7 Å². The number of rotatable bonds is 2. The van der Waals surface area contributed by atoms with Crippen molar-refractivity contribution in [1.82, 2.24) is 0 Å². The van der Waals surface area contributed by atoms with Crippen molar-refractivity contribution in [1.29, 1.82) is 0 Å². The second-order valence-electron chi connectivity index (χ2n) is 7.99. The molecule has 0 amide bonds. The highest BCUT2D eigenvalue weighted by Crippen LogP contribution is 2.52. The Hall–Kier alpha value is -2.94. The van der Waals surface area contributed by atoms with E-state index in [2.05, 4.69) is 13.8 Å². The molecular weight excluding hydrogens is 336 g/mol. The first-order chi connectivity index (χ1) is 12.8. The molecule has 27 heavy (non-hydrogen) atoms. The van der Waals surface area contributed by atoms with Crippen LogP contribution in [0, 0.1) is 0 Å². The maximum absolute atomic E-state index is 10.2. The minimum absolute atomic E-state index is 0.201. The Morgan fingerprint density at radius 1 is 0.556 bits per heavy atom. The van der Waals surface area contributed by atoms with Gasteiger partial charge in [0.05, 0.1) is 0 Å². The third-order valence-electron chi connectivity index (χ3n) is 6.33. The second-order valence-corrected chi connectivity index (χ2v) is 7.99. The molecular formula is C24H24O3. The molecule has 0 saturated heterocycles. The monoisotopic (exact) mass is 360 g/mol. The first kappa shape index (κ1) is 17.5. The summed E-state index contributed by atoms with van der Waals surface area (Å²) < 4.78 is 0. The molecule has 3 nitrogen and oxygen atoms in total. The zero-order valence-electron chi connectivity index (χ0n) is 15.6. The van der Waals surface area contributed by atoms with E-state index < -0.39 is 0 Å². The van der Waals surface area contributed by atoms with Crippen molar-refractivity contribution >= 4 is 0 Å². The fourth-order valence-corrected chi connectivity index (χ4v) is 4.50. The maximum Gasteiger partial charge on any atom is 0.115 e. The average Bonchev–Trinajstić information content (AvgIpc) is 2.66. The highest BCUT2D eigenvalue weighted by molar-refractivity contribution is 5.55. The molecule has 0 spiro atoms. The molecule has 0 heterocycles. The van der Waals surface area contributed by atoms with E-state index >= 15 is 0 Å². The predicted octanol–water partition coefficient (Wildman–Crippen LogP) is 5.21. The summed E-state index contributed by atoms with van der Waals surface area (Å²) in [6.45, 7) is 4.43. The molecule has 0 aliphatic heterocycles. The molecule has 0 bridgehead atoms.